The van der Waals surface area contributed by atoms with Gasteiger partial charge in [-0.05, 0) is 24.8 Å². The lowest BCUT2D eigenvalue weighted by Gasteiger charge is -2.35. The highest BCUT2D eigenvalue weighted by molar-refractivity contribution is 5.59. The molecule has 1 aromatic carbocycles. The molecule has 0 spiro atoms. The van der Waals surface area contributed by atoms with Crippen LogP contribution in [0.1, 0.15) is 24.8 Å². The summed E-state index contributed by atoms with van der Waals surface area (Å²) in [6.07, 6.45) is 4.08. The number of imidazole rings is 1. The van der Waals surface area contributed by atoms with Crippen molar-refractivity contribution in [3.05, 3.63) is 46.5 Å². The van der Waals surface area contributed by atoms with E-state index in [1.165, 1.54) is 18.2 Å². The number of aryl methyl sites for hydroxylation is 1. The molecule has 0 saturated carbocycles. The standard InChI is InChI=1S/C17H20F2N4O4/c1-21-9-6-20-16(21)15(24)11-4-7-22(8-5-11)12-2-3-13(23(25)26)14(10-12)27-17(18)19/h2-3,6,9-11,15,17,24H,4-5,7-8H2,1H3. The second-order valence-corrected chi connectivity index (χ2v) is 6.45. The zero-order chi connectivity index (χ0) is 19.6. The minimum absolute atomic E-state index is 0.0252. The second kappa shape index (κ2) is 7.87. The summed E-state index contributed by atoms with van der Waals surface area (Å²) in [5.74, 6) is 0.177. The third kappa shape index (κ3) is 4.16. The van der Waals surface area contributed by atoms with Gasteiger partial charge in [-0.1, -0.05) is 0 Å². The molecule has 146 valence electrons. The van der Waals surface area contributed by atoms with Crippen molar-refractivity contribution in [3.63, 3.8) is 0 Å². The van der Waals surface area contributed by atoms with Crippen molar-refractivity contribution in [3.8, 4) is 5.75 Å². The molecule has 27 heavy (non-hydrogen) atoms. The molecule has 8 nitrogen and oxygen atoms in total. The van der Waals surface area contributed by atoms with Gasteiger partial charge in [0.05, 0.1) is 4.92 Å². The minimum Gasteiger partial charge on any atom is -0.427 e. The van der Waals surface area contributed by atoms with E-state index >= 15 is 0 Å². The summed E-state index contributed by atoms with van der Waals surface area (Å²) >= 11 is 0. The van der Waals surface area contributed by atoms with Gasteiger partial charge < -0.3 is 19.3 Å². The van der Waals surface area contributed by atoms with Crippen LogP contribution in [0.2, 0.25) is 0 Å². The van der Waals surface area contributed by atoms with E-state index in [2.05, 4.69) is 9.72 Å². The van der Waals surface area contributed by atoms with Crippen molar-refractivity contribution in [1.82, 2.24) is 9.55 Å². The third-order valence-electron chi connectivity index (χ3n) is 4.83. The van der Waals surface area contributed by atoms with Crippen LogP contribution in [0.4, 0.5) is 20.2 Å². The van der Waals surface area contributed by atoms with Crippen LogP contribution in [0.5, 0.6) is 5.75 Å². The molecule has 10 heteroatoms. The van der Waals surface area contributed by atoms with Crippen LogP contribution in [-0.4, -0.2) is 39.3 Å². The predicted octanol–water partition coefficient (Wildman–Crippen LogP) is 2.88. The SMILES string of the molecule is Cn1ccnc1C(O)C1CCN(c2ccc([N+](=O)[O-])c(OC(F)F)c2)CC1. The molecule has 1 saturated heterocycles. The number of nitro groups is 1. The van der Waals surface area contributed by atoms with Crippen LogP contribution in [0.3, 0.4) is 0 Å². The maximum Gasteiger partial charge on any atom is 0.387 e. The Kier molecular flexibility index (Phi) is 5.54. The molecule has 1 aliphatic heterocycles. The molecule has 0 amide bonds. The number of hydrogen-bond acceptors (Lipinski definition) is 6. The smallest absolute Gasteiger partial charge is 0.387 e. The molecular formula is C17H20F2N4O4. The highest BCUT2D eigenvalue weighted by Crippen LogP contribution is 2.36. The first-order valence-electron chi connectivity index (χ1n) is 8.50. The fraction of sp³-hybridized carbons (Fsp3) is 0.471. The summed E-state index contributed by atoms with van der Waals surface area (Å²) in [6.45, 7) is -1.98. The molecule has 0 aliphatic carbocycles. The van der Waals surface area contributed by atoms with Gasteiger partial charge >= 0.3 is 12.3 Å². The summed E-state index contributed by atoms with van der Waals surface area (Å²) in [6, 6.07) is 3.95. The van der Waals surface area contributed by atoms with E-state index in [-0.39, 0.29) is 5.92 Å². The van der Waals surface area contributed by atoms with Gasteiger partial charge in [0.2, 0.25) is 5.75 Å². The molecule has 1 atom stereocenters. The molecule has 1 N–H and O–H groups in total. The topological polar surface area (TPSA) is 93.7 Å². The van der Waals surface area contributed by atoms with Gasteiger partial charge in [-0.15, -0.1) is 0 Å². The first-order chi connectivity index (χ1) is 12.9. The number of rotatable bonds is 6. The van der Waals surface area contributed by atoms with Crippen LogP contribution in [0.25, 0.3) is 0 Å². The van der Waals surface area contributed by atoms with Gasteiger partial charge in [0.25, 0.3) is 0 Å². The van der Waals surface area contributed by atoms with Crippen molar-refractivity contribution in [2.24, 2.45) is 13.0 Å². The number of ether oxygens (including phenoxy) is 1. The first-order valence-corrected chi connectivity index (χ1v) is 8.50. The van der Waals surface area contributed by atoms with E-state index in [0.29, 0.717) is 37.4 Å². The molecule has 3 rings (SSSR count). The fourth-order valence-electron chi connectivity index (χ4n) is 3.39. The Hall–Kier alpha value is -2.75. The van der Waals surface area contributed by atoms with E-state index in [0.717, 1.165) is 0 Å². The predicted molar refractivity (Wildman–Crippen MR) is 92.8 cm³/mol. The normalized spacial score (nSPS) is 16.6. The van der Waals surface area contributed by atoms with Crippen LogP contribution in [-0.2, 0) is 7.05 Å². The number of benzene rings is 1. The van der Waals surface area contributed by atoms with Crippen molar-refractivity contribution in [2.45, 2.75) is 25.6 Å². The lowest BCUT2D eigenvalue weighted by molar-refractivity contribution is -0.386. The number of aliphatic hydroxyl groups excluding tert-OH is 1. The van der Waals surface area contributed by atoms with E-state index in [4.69, 9.17) is 0 Å². The number of nitrogens with zero attached hydrogens (tertiary/aromatic N) is 4. The molecular weight excluding hydrogens is 362 g/mol. The molecule has 2 aromatic rings. The van der Waals surface area contributed by atoms with Crippen LogP contribution >= 0.6 is 0 Å². The van der Waals surface area contributed by atoms with Crippen molar-refractivity contribution >= 4 is 11.4 Å². The Morgan fingerprint density at radius 3 is 2.63 bits per heavy atom. The van der Waals surface area contributed by atoms with Crippen molar-refractivity contribution < 1.29 is 23.5 Å². The van der Waals surface area contributed by atoms with Gasteiger partial charge in [-0.2, -0.15) is 8.78 Å². The molecule has 1 aliphatic rings. The molecule has 1 unspecified atom stereocenters. The average molecular weight is 382 g/mol. The third-order valence-corrected chi connectivity index (χ3v) is 4.83. The zero-order valence-corrected chi connectivity index (χ0v) is 14.7. The maximum absolute atomic E-state index is 12.6. The van der Waals surface area contributed by atoms with Gasteiger partial charge in [-0.3, -0.25) is 10.1 Å². The Morgan fingerprint density at radius 2 is 2.07 bits per heavy atom. The summed E-state index contributed by atoms with van der Waals surface area (Å²) in [7, 11) is 1.82. The lowest BCUT2D eigenvalue weighted by Crippen LogP contribution is -2.36. The monoisotopic (exact) mass is 382 g/mol. The molecule has 2 heterocycles. The Balaban J connectivity index is 1.70. The Labute approximate surface area is 154 Å². The van der Waals surface area contributed by atoms with Gasteiger partial charge in [0.1, 0.15) is 11.9 Å². The minimum atomic E-state index is -3.14. The molecule has 1 aromatic heterocycles. The lowest BCUT2D eigenvalue weighted by atomic mass is 9.90. The zero-order valence-electron chi connectivity index (χ0n) is 14.7. The van der Waals surface area contributed by atoms with Gasteiger partial charge in [-0.25, -0.2) is 4.98 Å². The summed E-state index contributed by atoms with van der Waals surface area (Å²) < 4.78 is 31.2. The van der Waals surface area contributed by atoms with Gasteiger partial charge in [0.15, 0.2) is 0 Å². The number of halogens is 2. The highest BCUT2D eigenvalue weighted by Gasteiger charge is 2.29. The highest BCUT2D eigenvalue weighted by atomic mass is 19.3. The largest absolute Gasteiger partial charge is 0.427 e. The number of hydrogen-bond donors (Lipinski definition) is 1. The number of aliphatic hydroxyl groups is 1. The number of piperidine rings is 1. The van der Waals surface area contributed by atoms with E-state index < -0.39 is 29.1 Å². The second-order valence-electron chi connectivity index (χ2n) is 6.45. The number of aromatic nitrogens is 2. The molecule has 0 radical (unpaired) electrons. The average Bonchev–Trinajstić information content (AvgIpc) is 3.06. The quantitative estimate of drug-likeness (QED) is 0.610. The van der Waals surface area contributed by atoms with Crippen LogP contribution < -0.4 is 9.64 Å². The summed E-state index contributed by atoms with van der Waals surface area (Å²) in [4.78, 5) is 16.3. The molecule has 1 fully saturated rings. The van der Waals surface area contributed by atoms with E-state index in [1.807, 2.05) is 11.9 Å². The molecule has 0 bridgehead atoms. The number of alkyl halides is 2. The van der Waals surface area contributed by atoms with E-state index in [9.17, 15) is 24.0 Å². The Bertz CT molecular complexity index is 806. The summed E-state index contributed by atoms with van der Waals surface area (Å²) in [5, 5.41) is 21.5. The first kappa shape index (κ1) is 19.0. The van der Waals surface area contributed by atoms with E-state index in [1.54, 1.807) is 17.0 Å². The fourth-order valence-corrected chi connectivity index (χ4v) is 3.39. The van der Waals surface area contributed by atoms with Crippen LogP contribution in [0, 0.1) is 16.0 Å². The number of anilines is 1. The van der Waals surface area contributed by atoms with Gasteiger partial charge in [0, 0.05) is 50.4 Å². The summed E-state index contributed by atoms with van der Waals surface area (Å²) in [5.41, 5.74) is 0.0697. The number of nitro benzene ring substituents is 1. The van der Waals surface area contributed by atoms with Crippen LogP contribution in [0.15, 0.2) is 30.6 Å². The Morgan fingerprint density at radius 1 is 1.37 bits per heavy atom. The maximum atomic E-state index is 12.6. The van der Waals surface area contributed by atoms with Crippen molar-refractivity contribution in [2.75, 3.05) is 18.0 Å². The van der Waals surface area contributed by atoms with Crippen molar-refractivity contribution in [1.29, 1.82) is 0 Å².